The summed E-state index contributed by atoms with van der Waals surface area (Å²) in [6.45, 7) is 0. The van der Waals surface area contributed by atoms with Gasteiger partial charge < -0.3 is 5.11 Å². The molecule has 1 fully saturated rings. The lowest BCUT2D eigenvalue weighted by Gasteiger charge is -2.32. The number of aliphatic carboxylic acids is 1. The van der Waals surface area contributed by atoms with Gasteiger partial charge in [0, 0.05) is 6.08 Å². The van der Waals surface area contributed by atoms with E-state index in [0.29, 0.717) is 5.56 Å². The fourth-order valence-electron chi connectivity index (χ4n) is 4.52. The summed E-state index contributed by atoms with van der Waals surface area (Å²) in [6, 6.07) is 20.5. The number of allylic oxidation sites excluding steroid dienone is 1. The van der Waals surface area contributed by atoms with Crippen molar-refractivity contribution in [3.05, 3.63) is 106 Å². The number of carboxylic acids is 1. The van der Waals surface area contributed by atoms with Crippen LogP contribution in [0.5, 0.6) is 0 Å². The number of rotatable bonds is 6. The standard InChI is InChI=1S/C29H21FN2O2S/c30-23-10-11-24(22(14-23)16-31)29(19-2-1-3-19)28(21-9-12-26-25(15-21)32-17-35-26)20-7-4-18(5-8-20)6-13-27(33)34/h4-15,17,19H,1-3H2,(H,33,34)/b13-6+,29-28+. The summed E-state index contributed by atoms with van der Waals surface area (Å²) < 4.78 is 15.1. The Morgan fingerprint density at radius 1 is 1.09 bits per heavy atom. The summed E-state index contributed by atoms with van der Waals surface area (Å²) in [5.74, 6) is -1.18. The monoisotopic (exact) mass is 480 g/mol. The summed E-state index contributed by atoms with van der Waals surface area (Å²) in [6.07, 6.45) is 5.77. The number of halogens is 1. The molecule has 0 spiro atoms. The quantitative estimate of drug-likeness (QED) is 0.235. The van der Waals surface area contributed by atoms with Crippen LogP contribution in [0, 0.1) is 23.1 Å². The molecule has 0 radical (unpaired) electrons. The number of hydrogen-bond acceptors (Lipinski definition) is 4. The highest BCUT2D eigenvalue weighted by molar-refractivity contribution is 7.16. The second kappa shape index (κ2) is 9.65. The largest absolute Gasteiger partial charge is 0.478 e. The van der Waals surface area contributed by atoms with Gasteiger partial charge in [-0.25, -0.2) is 14.2 Å². The van der Waals surface area contributed by atoms with Crippen molar-refractivity contribution in [3.8, 4) is 6.07 Å². The van der Waals surface area contributed by atoms with Crippen LogP contribution in [0.2, 0.25) is 0 Å². The Hall–Kier alpha value is -4.08. The molecule has 1 saturated carbocycles. The normalized spacial score (nSPS) is 14.5. The van der Waals surface area contributed by atoms with Crippen molar-refractivity contribution in [2.24, 2.45) is 5.92 Å². The minimum Gasteiger partial charge on any atom is -0.478 e. The van der Waals surface area contributed by atoms with E-state index in [1.54, 1.807) is 23.5 Å². The first-order valence-electron chi connectivity index (χ1n) is 11.3. The number of carboxylic acid groups (broad SMARTS) is 1. The van der Waals surface area contributed by atoms with Crippen molar-refractivity contribution in [2.45, 2.75) is 19.3 Å². The third kappa shape index (κ3) is 4.64. The Kier molecular flexibility index (Phi) is 6.26. The van der Waals surface area contributed by atoms with Crippen LogP contribution in [0.4, 0.5) is 4.39 Å². The molecular weight excluding hydrogens is 459 g/mol. The van der Waals surface area contributed by atoms with Gasteiger partial charge in [-0.3, -0.25) is 0 Å². The number of carbonyl (C=O) groups is 1. The van der Waals surface area contributed by atoms with Crippen LogP contribution < -0.4 is 0 Å². The molecule has 1 N–H and O–H groups in total. The molecule has 1 heterocycles. The number of fused-ring (bicyclic) bond motifs is 1. The highest BCUT2D eigenvalue weighted by Gasteiger charge is 2.29. The van der Waals surface area contributed by atoms with E-state index in [1.807, 2.05) is 29.8 Å². The van der Waals surface area contributed by atoms with Gasteiger partial charge in [0.25, 0.3) is 0 Å². The van der Waals surface area contributed by atoms with Crippen molar-refractivity contribution in [1.82, 2.24) is 4.98 Å². The van der Waals surface area contributed by atoms with E-state index in [1.165, 1.54) is 12.1 Å². The lowest BCUT2D eigenvalue weighted by molar-refractivity contribution is -0.131. The van der Waals surface area contributed by atoms with Gasteiger partial charge in [0.15, 0.2) is 0 Å². The zero-order valence-corrected chi connectivity index (χ0v) is 19.6. The van der Waals surface area contributed by atoms with Crippen LogP contribution in [-0.2, 0) is 4.79 Å². The summed E-state index contributed by atoms with van der Waals surface area (Å²) in [4.78, 5) is 15.4. The van der Waals surface area contributed by atoms with Crippen LogP contribution in [0.1, 0.15) is 47.1 Å². The average molecular weight is 481 g/mol. The van der Waals surface area contributed by atoms with Crippen LogP contribution >= 0.6 is 11.3 Å². The lowest BCUT2D eigenvalue weighted by Crippen LogP contribution is -2.16. The fraction of sp³-hybridized carbons (Fsp3) is 0.138. The second-order valence-electron chi connectivity index (χ2n) is 8.55. The zero-order valence-electron chi connectivity index (χ0n) is 18.7. The number of nitrogens with zero attached hydrogens (tertiary/aromatic N) is 2. The molecule has 35 heavy (non-hydrogen) atoms. The van der Waals surface area contributed by atoms with Gasteiger partial charge in [-0.05, 0) is 82.5 Å². The minimum atomic E-state index is -1.00. The minimum absolute atomic E-state index is 0.250. The van der Waals surface area contributed by atoms with E-state index in [4.69, 9.17) is 5.11 Å². The number of benzene rings is 3. The predicted octanol–water partition coefficient (Wildman–Crippen LogP) is 7.16. The molecule has 3 aromatic carbocycles. The molecule has 4 nitrogen and oxygen atoms in total. The van der Waals surface area contributed by atoms with Crippen molar-refractivity contribution < 1.29 is 14.3 Å². The number of nitriles is 1. The third-order valence-electron chi connectivity index (χ3n) is 6.41. The SMILES string of the molecule is N#Cc1cc(F)ccc1/C(=C(\c1ccc(/C=C/C(=O)O)cc1)c1ccc2scnc2c1)C1CCC1. The average Bonchev–Trinajstić information content (AvgIpc) is 3.30. The first kappa shape index (κ1) is 22.7. The molecule has 172 valence electrons. The zero-order chi connectivity index (χ0) is 24.4. The number of hydrogen-bond donors (Lipinski definition) is 1. The molecule has 0 unspecified atom stereocenters. The maximum absolute atomic E-state index is 14.0. The molecule has 6 heteroatoms. The summed E-state index contributed by atoms with van der Waals surface area (Å²) in [5, 5.41) is 18.8. The van der Waals surface area contributed by atoms with Crippen LogP contribution in [0.15, 0.2) is 72.3 Å². The van der Waals surface area contributed by atoms with E-state index in [0.717, 1.165) is 69.0 Å². The predicted molar refractivity (Wildman–Crippen MR) is 137 cm³/mol. The molecule has 0 aliphatic heterocycles. The molecule has 1 aromatic heterocycles. The van der Waals surface area contributed by atoms with E-state index in [2.05, 4.69) is 29.3 Å². The van der Waals surface area contributed by atoms with Crippen molar-refractivity contribution in [1.29, 1.82) is 5.26 Å². The first-order valence-corrected chi connectivity index (χ1v) is 12.2. The molecule has 5 rings (SSSR count). The van der Waals surface area contributed by atoms with Gasteiger partial charge in [0.05, 0.1) is 27.4 Å². The van der Waals surface area contributed by atoms with E-state index < -0.39 is 11.8 Å². The third-order valence-corrected chi connectivity index (χ3v) is 7.22. The molecule has 4 aromatic rings. The fourth-order valence-corrected chi connectivity index (χ4v) is 5.18. The molecule has 1 aliphatic carbocycles. The Labute approximate surface area is 206 Å². The Bertz CT molecular complexity index is 1520. The van der Waals surface area contributed by atoms with Crippen molar-refractivity contribution >= 4 is 44.7 Å². The summed E-state index contributed by atoms with van der Waals surface area (Å²) in [5.41, 5.74) is 8.52. The topological polar surface area (TPSA) is 74.0 Å². The van der Waals surface area contributed by atoms with Crippen molar-refractivity contribution in [3.63, 3.8) is 0 Å². The second-order valence-corrected chi connectivity index (χ2v) is 9.43. The molecule has 0 amide bonds. The molecular formula is C29H21FN2O2S. The van der Waals surface area contributed by atoms with Gasteiger partial charge in [-0.2, -0.15) is 5.26 Å². The highest BCUT2D eigenvalue weighted by atomic mass is 32.1. The van der Waals surface area contributed by atoms with E-state index in [-0.39, 0.29) is 5.92 Å². The molecule has 0 bridgehead atoms. The summed E-state index contributed by atoms with van der Waals surface area (Å²) in [7, 11) is 0. The van der Waals surface area contributed by atoms with Gasteiger partial charge in [0.1, 0.15) is 5.82 Å². The first-order chi connectivity index (χ1) is 17.0. The number of thiazole rings is 1. The maximum Gasteiger partial charge on any atom is 0.328 e. The summed E-state index contributed by atoms with van der Waals surface area (Å²) >= 11 is 1.58. The van der Waals surface area contributed by atoms with Crippen LogP contribution in [0.25, 0.3) is 27.4 Å². The Morgan fingerprint density at radius 2 is 1.86 bits per heavy atom. The van der Waals surface area contributed by atoms with Gasteiger partial charge >= 0.3 is 5.97 Å². The van der Waals surface area contributed by atoms with E-state index in [9.17, 15) is 14.4 Å². The maximum atomic E-state index is 14.0. The van der Waals surface area contributed by atoms with E-state index >= 15 is 0 Å². The lowest BCUT2D eigenvalue weighted by atomic mass is 9.72. The van der Waals surface area contributed by atoms with Gasteiger partial charge in [0.2, 0.25) is 0 Å². The molecule has 0 saturated heterocycles. The highest BCUT2D eigenvalue weighted by Crippen LogP contribution is 2.46. The molecule has 1 aliphatic rings. The van der Waals surface area contributed by atoms with Crippen molar-refractivity contribution in [2.75, 3.05) is 0 Å². The van der Waals surface area contributed by atoms with Crippen LogP contribution in [-0.4, -0.2) is 16.1 Å². The Morgan fingerprint density at radius 3 is 2.54 bits per heavy atom. The smallest absolute Gasteiger partial charge is 0.328 e. The molecule has 0 atom stereocenters. The van der Waals surface area contributed by atoms with Crippen LogP contribution in [0.3, 0.4) is 0 Å². The number of aromatic nitrogens is 1. The Balaban J connectivity index is 1.77. The van der Waals surface area contributed by atoms with Gasteiger partial charge in [-0.15, -0.1) is 11.3 Å². The van der Waals surface area contributed by atoms with Gasteiger partial charge in [-0.1, -0.05) is 42.8 Å².